The van der Waals surface area contributed by atoms with E-state index in [0.717, 1.165) is 24.7 Å². The predicted octanol–water partition coefficient (Wildman–Crippen LogP) is 1.41. The maximum absolute atomic E-state index is 12.0. The highest BCUT2D eigenvalue weighted by Gasteiger charge is 2.26. The molecule has 1 aliphatic rings. The van der Waals surface area contributed by atoms with E-state index in [1.54, 1.807) is 11.8 Å². The summed E-state index contributed by atoms with van der Waals surface area (Å²) in [4.78, 5) is 9.96. The summed E-state index contributed by atoms with van der Waals surface area (Å²) >= 11 is 2.45. The van der Waals surface area contributed by atoms with Gasteiger partial charge in [0.05, 0.1) is 4.92 Å². The summed E-state index contributed by atoms with van der Waals surface area (Å²) in [7, 11) is -3.71. The largest absolute Gasteiger partial charge is 0.385 e. The molecule has 1 fully saturated rings. The summed E-state index contributed by atoms with van der Waals surface area (Å²) in [6.07, 6.45) is 2.08. The van der Waals surface area contributed by atoms with Gasteiger partial charge in [-0.15, -0.1) is 0 Å². The lowest BCUT2D eigenvalue weighted by Crippen LogP contribution is -2.29. The topological polar surface area (TPSA) is 115 Å². The second kappa shape index (κ2) is 5.65. The third-order valence-corrected chi connectivity index (χ3v) is 6.95. The van der Waals surface area contributed by atoms with E-state index in [2.05, 4.69) is 4.72 Å². The fourth-order valence-corrected chi connectivity index (χ4v) is 5.37. The van der Waals surface area contributed by atoms with Gasteiger partial charge in [0.15, 0.2) is 5.00 Å². The first kappa shape index (κ1) is 14.6. The number of nitrogens with one attached hydrogen (secondary N) is 1. The summed E-state index contributed by atoms with van der Waals surface area (Å²) in [6.45, 7) is 0.346. The van der Waals surface area contributed by atoms with Crippen LogP contribution in [0.25, 0.3) is 0 Å². The highest BCUT2D eigenvalue weighted by atomic mass is 32.2. The van der Waals surface area contributed by atoms with E-state index in [4.69, 9.17) is 5.73 Å². The first-order valence-corrected chi connectivity index (χ1v) is 8.90. The molecule has 2 rings (SSSR count). The van der Waals surface area contributed by atoms with Gasteiger partial charge in [-0.3, -0.25) is 10.1 Å². The molecule has 0 spiro atoms. The van der Waals surface area contributed by atoms with Crippen LogP contribution in [0.1, 0.15) is 12.8 Å². The first-order chi connectivity index (χ1) is 8.90. The molecule has 3 N–H and O–H groups in total. The normalized spacial score (nSPS) is 19.7. The number of hydrogen-bond acceptors (Lipinski definition) is 7. The Kier molecular flexibility index (Phi) is 4.33. The molecule has 1 saturated heterocycles. The molecule has 1 aromatic heterocycles. The molecule has 0 amide bonds. The number of thioether (sulfide) groups is 1. The predicted molar refractivity (Wildman–Crippen MR) is 76.1 cm³/mol. The molecule has 7 nitrogen and oxygen atoms in total. The van der Waals surface area contributed by atoms with Crippen molar-refractivity contribution in [3.05, 3.63) is 16.2 Å². The standard InChI is InChI=1S/C9H13N3O4S3/c10-9-7(12(13)14)4-8(18-9)19(15,16)11-5-6-2-1-3-17-6/h4,6,11H,1-3,5,10H2. The van der Waals surface area contributed by atoms with Crippen LogP contribution >= 0.6 is 23.1 Å². The molecule has 2 heterocycles. The Balaban J connectivity index is 2.10. The van der Waals surface area contributed by atoms with Gasteiger partial charge in [-0.2, -0.15) is 11.8 Å². The summed E-state index contributed by atoms with van der Waals surface area (Å²) in [5.41, 5.74) is 5.08. The minimum absolute atomic E-state index is 0.0967. The van der Waals surface area contributed by atoms with Crippen molar-refractivity contribution < 1.29 is 13.3 Å². The van der Waals surface area contributed by atoms with Crippen LogP contribution in [0, 0.1) is 10.1 Å². The Morgan fingerprint density at radius 3 is 2.84 bits per heavy atom. The van der Waals surface area contributed by atoms with Gasteiger partial charge in [0.25, 0.3) is 0 Å². The van der Waals surface area contributed by atoms with Gasteiger partial charge in [0, 0.05) is 17.9 Å². The van der Waals surface area contributed by atoms with E-state index in [-0.39, 0.29) is 20.1 Å². The zero-order valence-electron chi connectivity index (χ0n) is 9.87. The van der Waals surface area contributed by atoms with Crippen molar-refractivity contribution in [3.63, 3.8) is 0 Å². The molecule has 0 saturated carbocycles. The SMILES string of the molecule is Nc1sc(S(=O)(=O)NCC2CCCS2)cc1[N+](=O)[O-]. The minimum Gasteiger partial charge on any atom is -0.385 e. The molecular formula is C9H13N3O4S3. The van der Waals surface area contributed by atoms with E-state index < -0.39 is 14.9 Å². The fourth-order valence-electron chi connectivity index (χ4n) is 1.73. The Morgan fingerprint density at radius 2 is 2.32 bits per heavy atom. The molecule has 0 aromatic carbocycles. The highest BCUT2D eigenvalue weighted by Crippen LogP contribution is 2.34. The van der Waals surface area contributed by atoms with Crippen molar-refractivity contribution in [2.75, 3.05) is 18.0 Å². The number of nitro groups is 1. The van der Waals surface area contributed by atoms with Crippen molar-refractivity contribution in [2.45, 2.75) is 22.3 Å². The van der Waals surface area contributed by atoms with Crippen LogP contribution in [0.2, 0.25) is 0 Å². The number of sulfonamides is 1. The second-order valence-electron chi connectivity index (χ2n) is 4.06. The number of thiophene rings is 1. The van der Waals surface area contributed by atoms with Crippen LogP contribution in [0.5, 0.6) is 0 Å². The zero-order valence-corrected chi connectivity index (χ0v) is 12.3. The van der Waals surface area contributed by atoms with Crippen LogP contribution in [-0.4, -0.2) is 30.9 Å². The lowest BCUT2D eigenvalue weighted by molar-refractivity contribution is -0.383. The first-order valence-electron chi connectivity index (χ1n) is 5.55. The Labute approximate surface area is 118 Å². The lowest BCUT2D eigenvalue weighted by Gasteiger charge is -2.09. The molecule has 10 heteroatoms. The quantitative estimate of drug-likeness (QED) is 0.625. The molecule has 0 bridgehead atoms. The molecule has 1 atom stereocenters. The third kappa shape index (κ3) is 3.38. The monoisotopic (exact) mass is 323 g/mol. The second-order valence-corrected chi connectivity index (χ2v) is 8.54. The smallest absolute Gasteiger partial charge is 0.304 e. The highest BCUT2D eigenvalue weighted by molar-refractivity contribution is 8.00. The van der Waals surface area contributed by atoms with Gasteiger partial charge in [0.2, 0.25) is 10.0 Å². The van der Waals surface area contributed by atoms with Crippen LogP contribution < -0.4 is 10.5 Å². The molecule has 0 aliphatic carbocycles. The number of nitrogens with two attached hydrogens (primary N) is 1. The number of nitrogen functional groups attached to an aromatic ring is 1. The minimum atomic E-state index is -3.71. The summed E-state index contributed by atoms with van der Waals surface area (Å²) in [5, 5.41) is 10.8. The molecule has 19 heavy (non-hydrogen) atoms. The van der Waals surface area contributed by atoms with E-state index in [1.807, 2.05) is 0 Å². The van der Waals surface area contributed by atoms with E-state index in [1.165, 1.54) is 0 Å². The number of nitrogens with zero attached hydrogens (tertiary/aromatic N) is 1. The number of rotatable bonds is 5. The van der Waals surface area contributed by atoms with Gasteiger partial charge in [-0.25, -0.2) is 13.1 Å². The van der Waals surface area contributed by atoms with Crippen LogP contribution in [0.3, 0.4) is 0 Å². The summed E-state index contributed by atoms with van der Waals surface area (Å²) in [6, 6.07) is 1.00. The van der Waals surface area contributed by atoms with Crippen molar-refractivity contribution in [1.82, 2.24) is 4.72 Å². The molecule has 1 aliphatic heterocycles. The van der Waals surface area contributed by atoms with E-state index in [0.29, 0.717) is 17.9 Å². The van der Waals surface area contributed by atoms with Gasteiger partial charge >= 0.3 is 5.69 Å². The summed E-state index contributed by atoms with van der Waals surface area (Å²) < 4.78 is 26.3. The Morgan fingerprint density at radius 1 is 1.58 bits per heavy atom. The summed E-state index contributed by atoms with van der Waals surface area (Å²) in [5.74, 6) is 1.05. The van der Waals surface area contributed by atoms with E-state index in [9.17, 15) is 18.5 Å². The Hall–Kier alpha value is -0.840. The van der Waals surface area contributed by atoms with Crippen molar-refractivity contribution in [1.29, 1.82) is 0 Å². The average Bonchev–Trinajstić information content (AvgIpc) is 2.95. The van der Waals surface area contributed by atoms with Crippen LogP contribution in [0.4, 0.5) is 10.7 Å². The Bertz CT molecular complexity index is 578. The molecule has 1 aromatic rings. The van der Waals surface area contributed by atoms with Gasteiger partial charge in [0.1, 0.15) is 4.21 Å². The molecular weight excluding hydrogens is 310 g/mol. The van der Waals surface area contributed by atoms with Crippen molar-refractivity contribution >= 4 is 43.8 Å². The van der Waals surface area contributed by atoms with Gasteiger partial charge < -0.3 is 5.73 Å². The third-order valence-electron chi connectivity index (χ3n) is 2.70. The fraction of sp³-hybridized carbons (Fsp3) is 0.556. The molecule has 106 valence electrons. The van der Waals surface area contributed by atoms with Gasteiger partial charge in [-0.05, 0) is 18.6 Å². The van der Waals surface area contributed by atoms with E-state index >= 15 is 0 Å². The molecule has 1 unspecified atom stereocenters. The lowest BCUT2D eigenvalue weighted by atomic mass is 10.2. The maximum Gasteiger partial charge on any atom is 0.304 e. The number of hydrogen-bond donors (Lipinski definition) is 2. The molecule has 0 radical (unpaired) electrons. The average molecular weight is 323 g/mol. The van der Waals surface area contributed by atoms with Crippen LogP contribution in [-0.2, 0) is 10.0 Å². The van der Waals surface area contributed by atoms with Gasteiger partial charge in [-0.1, -0.05) is 11.3 Å². The van der Waals surface area contributed by atoms with Crippen LogP contribution in [0.15, 0.2) is 10.3 Å². The van der Waals surface area contributed by atoms with Crippen molar-refractivity contribution in [2.24, 2.45) is 0 Å². The zero-order chi connectivity index (χ0) is 14.0. The van der Waals surface area contributed by atoms with Crippen molar-refractivity contribution in [3.8, 4) is 0 Å². The maximum atomic E-state index is 12.0. The number of anilines is 1.